The average Bonchev–Trinajstić information content (AvgIpc) is 2.43. The van der Waals surface area contributed by atoms with Crippen LogP contribution in [0.2, 0.25) is 0 Å². The molecule has 0 saturated carbocycles. The lowest BCUT2D eigenvalue weighted by Crippen LogP contribution is -2.68. The zero-order valence-electron chi connectivity index (χ0n) is 11.5. The first-order chi connectivity index (χ1) is 9.65. The third-order valence-corrected chi connectivity index (χ3v) is 3.78. The van der Waals surface area contributed by atoms with Gasteiger partial charge in [0.1, 0.15) is 17.5 Å². The van der Waals surface area contributed by atoms with Gasteiger partial charge in [-0.3, -0.25) is 4.57 Å². The standard InChI is InChI=1S/C12H17F2N3O4/c1-11(5-18)9(19)7(13)8(14)12(2,21-11)17-4-3-6(15)16-10(17)20/h3-4,7-9,18-19H,5H2,1-2H3,(H2,15,16,20)/t7-,8?,9-,11?,12?/m1/s1. The lowest BCUT2D eigenvalue weighted by molar-refractivity contribution is -0.313. The Bertz CT molecular complexity index is 598. The van der Waals surface area contributed by atoms with Gasteiger partial charge in [0.05, 0.1) is 6.61 Å². The molecule has 1 aliphatic heterocycles. The van der Waals surface area contributed by atoms with Crippen LogP contribution in [-0.4, -0.2) is 50.4 Å². The molecule has 1 aromatic rings. The van der Waals surface area contributed by atoms with Gasteiger partial charge in [-0.1, -0.05) is 0 Å². The van der Waals surface area contributed by atoms with Gasteiger partial charge in [0.25, 0.3) is 0 Å². The molecule has 0 bridgehead atoms. The fraction of sp³-hybridized carbons (Fsp3) is 0.667. The van der Waals surface area contributed by atoms with Gasteiger partial charge in [0.2, 0.25) is 0 Å². The number of aromatic nitrogens is 2. The monoisotopic (exact) mass is 305 g/mol. The largest absolute Gasteiger partial charge is 0.393 e. The Labute approximate surface area is 119 Å². The summed E-state index contributed by atoms with van der Waals surface area (Å²) in [4.78, 5) is 15.3. The van der Waals surface area contributed by atoms with Gasteiger partial charge in [-0.05, 0) is 19.9 Å². The minimum Gasteiger partial charge on any atom is -0.393 e. The van der Waals surface area contributed by atoms with Crippen LogP contribution in [0.4, 0.5) is 14.6 Å². The van der Waals surface area contributed by atoms with Crippen molar-refractivity contribution in [2.45, 2.75) is 43.6 Å². The molecule has 1 aromatic heterocycles. The Balaban J connectivity index is 2.56. The summed E-state index contributed by atoms with van der Waals surface area (Å²) in [5.74, 6) is -0.0761. The van der Waals surface area contributed by atoms with E-state index in [4.69, 9.17) is 10.5 Å². The minimum absolute atomic E-state index is 0.0761. The summed E-state index contributed by atoms with van der Waals surface area (Å²) >= 11 is 0. The third-order valence-electron chi connectivity index (χ3n) is 3.78. The van der Waals surface area contributed by atoms with E-state index in [9.17, 15) is 23.8 Å². The van der Waals surface area contributed by atoms with Crippen LogP contribution in [0.1, 0.15) is 13.8 Å². The summed E-state index contributed by atoms with van der Waals surface area (Å²) < 4.78 is 34.6. The van der Waals surface area contributed by atoms with Gasteiger partial charge in [-0.2, -0.15) is 4.98 Å². The molecule has 3 unspecified atom stereocenters. The summed E-state index contributed by atoms with van der Waals surface area (Å²) in [5, 5.41) is 19.1. The summed E-state index contributed by atoms with van der Waals surface area (Å²) in [7, 11) is 0. The van der Waals surface area contributed by atoms with Gasteiger partial charge in [-0.15, -0.1) is 0 Å². The first-order valence-corrected chi connectivity index (χ1v) is 6.28. The molecule has 0 aromatic carbocycles. The second-order valence-electron chi connectivity index (χ2n) is 5.42. The Kier molecular flexibility index (Phi) is 3.77. The van der Waals surface area contributed by atoms with E-state index < -0.39 is 42.1 Å². The third kappa shape index (κ3) is 2.30. The van der Waals surface area contributed by atoms with Crippen molar-refractivity contribution in [3.05, 3.63) is 22.7 Å². The summed E-state index contributed by atoms with van der Waals surface area (Å²) in [6, 6.07) is 1.23. The van der Waals surface area contributed by atoms with Gasteiger partial charge in [0.15, 0.2) is 18.1 Å². The van der Waals surface area contributed by atoms with Crippen molar-refractivity contribution in [1.29, 1.82) is 0 Å². The topological polar surface area (TPSA) is 111 Å². The predicted molar refractivity (Wildman–Crippen MR) is 68.9 cm³/mol. The predicted octanol–water partition coefficient (Wildman–Crippen LogP) is -0.684. The van der Waals surface area contributed by atoms with Crippen molar-refractivity contribution < 1.29 is 23.7 Å². The number of nitrogen functional groups attached to an aromatic ring is 1. The van der Waals surface area contributed by atoms with Crippen molar-refractivity contribution in [2.24, 2.45) is 0 Å². The zero-order chi connectivity index (χ0) is 16.0. The fourth-order valence-electron chi connectivity index (χ4n) is 2.44. The lowest BCUT2D eigenvalue weighted by atomic mass is 9.85. The number of ether oxygens (including phenoxy) is 1. The Hall–Kier alpha value is -1.58. The molecule has 5 atom stereocenters. The van der Waals surface area contributed by atoms with Crippen molar-refractivity contribution in [2.75, 3.05) is 12.3 Å². The molecule has 2 rings (SSSR count). The average molecular weight is 305 g/mol. The van der Waals surface area contributed by atoms with E-state index in [2.05, 4.69) is 4.98 Å². The summed E-state index contributed by atoms with van der Waals surface area (Å²) in [6.45, 7) is 1.61. The number of hydrogen-bond acceptors (Lipinski definition) is 6. The normalized spacial score (nSPS) is 40.2. The number of anilines is 1. The lowest BCUT2D eigenvalue weighted by Gasteiger charge is -2.50. The van der Waals surface area contributed by atoms with E-state index in [0.29, 0.717) is 0 Å². The van der Waals surface area contributed by atoms with Crippen LogP contribution in [0.15, 0.2) is 17.1 Å². The summed E-state index contributed by atoms with van der Waals surface area (Å²) in [6.07, 6.45) is -5.43. The highest BCUT2D eigenvalue weighted by molar-refractivity contribution is 5.24. The van der Waals surface area contributed by atoms with E-state index >= 15 is 0 Å². The van der Waals surface area contributed by atoms with Crippen molar-refractivity contribution in [3.63, 3.8) is 0 Å². The maximum absolute atomic E-state index is 14.4. The van der Waals surface area contributed by atoms with Crippen molar-refractivity contribution >= 4 is 5.82 Å². The molecule has 1 aliphatic rings. The van der Waals surface area contributed by atoms with Crippen LogP contribution < -0.4 is 11.4 Å². The van der Waals surface area contributed by atoms with Crippen LogP contribution >= 0.6 is 0 Å². The first kappa shape index (κ1) is 15.8. The highest BCUT2D eigenvalue weighted by Gasteiger charge is 2.59. The molecule has 0 aliphatic carbocycles. The number of aliphatic hydroxyl groups is 2. The highest BCUT2D eigenvalue weighted by Crippen LogP contribution is 2.41. The van der Waals surface area contributed by atoms with Crippen LogP contribution in [-0.2, 0) is 10.5 Å². The molecule has 1 fully saturated rings. The molecule has 0 amide bonds. The van der Waals surface area contributed by atoms with Crippen LogP contribution in [0.3, 0.4) is 0 Å². The Morgan fingerprint density at radius 2 is 2.14 bits per heavy atom. The molecule has 0 spiro atoms. The quantitative estimate of drug-likeness (QED) is 0.667. The van der Waals surface area contributed by atoms with E-state index in [1.807, 2.05) is 0 Å². The van der Waals surface area contributed by atoms with Crippen LogP contribution in [0.25, 0.3) is 0 Å². The second kappa shape index (κ2) is 5.00. The van der Waals surface area contributed by atoms with Crippen LogP contribution in [0.5, 0.6) is 0 Å². The molecule has 7 nitrogen and oxygen atoms in total. The maximum atomic E-state index is 14.4. The number of nitrogens with zero attached hydrogens (tertiary/aromatic N) is 2. The SMILES string of the molecule is CC1(CO)OC(C)(n2ccc(N)nc2=O)C(F)[C@@H](F)[C@H]1O. The number of alkyl halides is 2. The van der Waals surface area contributed by atoms with E-state index in [0.717, 1.165) is 17.7 Å². The highest BCUT2D eigenvalue weighted by atomic mass is 19.2. The molecule has 2 heterocycles. The van der Waals surface area contributed by atoms with Gasteiger partial charge < -0.3 is 20.7 Å². The number of aliphatic hydroxyl groups excluding tert-OH is 2. The van der Waals surface area contributed by atoms with E-state index in [-0.39, 0.29) is 5.82 Å². The van der Waals surface area contributed by atoms with Gasteiger partial charge in [-0.25, -0.2) is 13.6 Å². The zero-order valence-corrected chi connectivity index (χ0v) is 11.5. The first-order valence-electron chi connectivity index (χ1n) is 6.28. The number of nitrogens with two attached hydrogens (primary N) is 1. The van der Waals surface area contributed by atoms with E-state index in [1.54, 1.807) is 0 Å². The number of halogens is 2. The molecule has 1 saturated heterocycles. The van der Waals surface area contributed by atoms with Crippen molar-refractivity contribution in [3.8, 4) is 0 Å². The molecule has 4 N–H and O–H groups in total. The minimum atomic E-state index is -2.34. The molecule has 21 heavy (non-hydrogen) atoms. The number of hydrogen-bond donors (Lipinski definition) is 3. The van der Waals surface area contributed by atoms with Gasteiger partial charge >= 0.3 is 5.69 Å². The second-order valence-corrected chi connectivity index (χ2v) is 5.42. The fourth-order valence-corrected chi connectivity index (χ4v) is 2.44. The maximum Gasteiger partial charge on any atom is 0.351 e. The molecule has 118 valence electrons. The molecular weight excluding hydrogens is 288 g/mol. The number of rotatable bonds is 2. The molecular formula is C12H17F2N3O4. The van der Waals surface area contributed by atoms with E-state index in [1.165, 1.54) is 13.0 Å². The Morgan fingerprint density at radius 3 is 2.67 bits per heavy atom. The van der Waals surface area contributed by atoms with Gasteiger partial charge in [0, 0.05) is 6.20 Å². The Morgan fingerprint density at radius 1 is 1.52 bits per heavy atom. The van der Waals surface area contributed by atoms with Crippen molar-refractivity contribution in [1.82, 2.24) is 9.55 Å². The van der Waals surface area contributed by atoms with Crippen LogP contribution in [0, 0.1) is 0 Å². The summed E-state index contributed by atoms with van der Waals surface area (Å²) in [5.41, 5.74) is 0.582. The smallest absolute Gasteiger partial charge is 0.351 e. The molecule has 0 radical (unpaired) electrons. The molecule has 9 heteroatoms.